The van der Waals surface area contributed by atoms with Crippen LogP contribution >= 0.6 is 0 Å². The van der Waals surface area contributed by atoms with Crippen molar-refractivity contribution in [3.8, 4) is 5.88 Å². The predicted octanol–water partition coefficient (Wildman–Crippen LogP) is 1.90. The molecule has 2 atom stereocenters. The van der Waals surface area contributed by atoms with Gasteiger partial charge in [0.2, 0.25) is 5.88 Å². The maximum absolute atomic E-state index is 12.2. The molecular formula is C15H22N2O3. The Morgan fingerprint density at radius 1 is 1.40 bits per heavy atom. The lowest BCUT2D eigenvalue weighted by atomic mass is 9.92. The smallest absolute Gasteiger partial charge is 0.270 e. The first kappa shape index (κ1) is 14.8. The van der Waals surface area contributed by atoms with Crippen molar-refractivity contribution in [3.05, 3.63) is 23.9 Å². The van der Waals surface area contributed by atoms with Gasteiger partial charge in [0.25, 0.3) is 5.91 Å². The monoisotopic (exact) mass is 278 g/mol. The van der Waals surface area contributed by atoms with Crippen molar-refractivity contribution in [2.24, 2.45) is 0 Å². The highest BCUT2D eigenvalue weighted by molar-refractivity contribution is 5.92. The molecule has 1 saturated carbocycles. The van der Waals surface area contributed by atoms with E-state index >= 15 is 0 Å². The van der Waals surface area contributed by atoms with Gasteiger partial charge in [0.05, 0.1) is 18.2 Å². The molecule has 1 fully saturated rings. The molecule has 110 valence electrons. The zero-order valence-corrected chi connectivity index (χ0v) is 12.0. The van der Waals surface area contributed by atoms with Gasteiger partial charge in [-0.05, 0) is 32.8 Å². The van der Waals surface area contributed by atoms with E-state index in [1.54, 1.807) is 18.2 Å². The van der Waals surface area contributed by atoms with Crippen LogP contribution in [-0.2, 0) is 0 Å². The summed E-state index contributed by atoms with van der Waals surface area (Å²) in [5.41, 5.74) is 0.320. The zero-order valence-electron chi connectivity index (χ0n) is 12.0. The van der Waals surface area contributed by atoms with Crippen LogP contribution in [0.25, 0.3) is 0 Å². The molecule has 5 nitrogen and oxygen atoms in total. The quantitative estimate of drug-likeness (QED) is 0.882. The normalized spacial score (nSPS) is 22.6. The summed E-state index contributed by atoms with van der Waals surface area (Å²) in [6.45, 7) is 3.82. The molecule has 0 aromatic carbocycles. The first-order valence-corrected chi connectivity index (χ1v) is 7.19. The molecular weight excluding hydrogens is 256 g/mol. The van der Waals surface area contributed by atoms with E-state index in [2.05, 4.69) is 10.3 Å². The highest BCUT2D eigenvalue weighted by atomic mass is 16.5. The highest BCUT2D eigenvalue weighted by Crippen LogP contribution is 2.19. The topological polar surface area (TPSA) is 71.5 Å². The Bertz CT molecular complexity index is 462. The third-order valence-electron chi connectivity index (χ3n) is 3.36. The van der Waals surface area contributed by atoms with Gasteiger partial charge in [0.15, 0.2) is 0 Å². The van der Waals surface area contributed by atoms with Crippen molar-refractivity contribution in [3.63, 3.8) is 0 Å². The molecule has 1 aliphatic rings. The Balaban J connectivity index is 2.01. The molecule has 0 aliphatic heterocycles. The van der Waals surface area contributed by atoms with E-state index in [0.717, 1.165) is 25.7 Å². The van der Waals surface area contributed by atoms with Crippen LogP contribution in [0.5, 0.6) is 5.88 Å². The summed E-state index contributed by atoms with van der Waals surface area (Å²) in [4.78, 5) is 16.3. The summed E-state index contributed by atoms with van der Waals surface area (Å²) in [5, 5.41) is 12.7. The van der Waals surface area contributed by atoms with Gasteiger partial charge in [0, 0.05) is 6.07 Å². The maximum Gasteiger partial charge on any atom is 0.270 e. The minimum Gasteiger partial charge on any atom is -0.475 e. The predicted molar refractivity (Wildman–Crippen MR) is 75.7 cm³/mol. The average Bonchev–Trinajstić information content (AvgIpc) is 2.41. The number of aliphatic hydroxyl groups is 1. The van der Waals surface area contributed by atoms with Crippen LogP contribution < -0.4 is 10.1 Å². The van der Waals surface area contributed by atoms with E-state index in [1.807, 2.05) is 13.8 Å². The average molecular weight is 278 g/mol. The molecule has 1 aliphatic carbocycles. The molecule has 2 rings (SSSR count). The number of nitrogens with zero attached hydrogens (tertiary/aromatic N) is 1. The first-order chi connectivity index (χ1) is 9.56. The van der Waals surface area contributed by atoms with E-state index in [-0.39, 0.29) is 18.1 Å². The number of aliphatic hydroxyl groups excluding tert-OH is 1. The molecule has 0 radical (unpaired) electrons. The second kappa shape index (κ2) is 6.70. The number of carbonyl (C=O) groups is 1. The van der Waals surface area contributed by atoms with Gasteiger partial charge in [-0.2, -0.15) is 0 Å². The van der Waals surface area contributed by atoms with Crippen LogP contribution in [0, 0.1) is 0 Å². The van der Waals surface area contributed by atoms with Crippen LogP contribution in [0.4, 0.5) is 0 Å². The lowest BCUT2D eigenvalue weighted by molar-refractivity contribution is 0.0713. The van der Waals surface area contributed by atoms with E-state index < -0.39 is 6.10 Å². The zero-order chi connectivity index (χ0) is 14.5. The van der Waals surface area contributed by atoms with Crippen molar-refractivity contribution < 1.29 is 14.6 Å². The Morgan fingerprint density at radius 2 is 2.15 bits per heavy atom. The van der Waals surface area contributed by atoms with E-state index in [0.29, 0.717) is 11.6 Å². The van der Waals surface area contributed by atoms with E-state index in [1.165, 1.54) is 0 Å². The maximum atomic E-state index is 12.2. The number of pyridine rings is 1. The summed E-state index contributed by atoms with van der Waals surface area (Å²) in [5.74, 6) is 0.182. The number of carbonyl (C=O) groups excluding carboxylic acids is 1. The van der Waals surface area contributed by atoms with Crippen molar-refractivity contribution in [1.82, 2.24) is 10.3 Å². The van der Waals surface area contributed by atoms with Gasteiger partial charge in [-0.25, -0.2) is 4.98 Å². The van der Waals surface area contributed by atoms with Gasteiger partial charge in [-0.15, -0.1) is 0 Å². The third kappa shape index (κ3) is 3.93. The molecule has 20 heavy (non-hydrogen) atoms. The minimum atomic E-state index is -0.456. The molecule has 0 bridgehead atoms. The fourth-order valence-corrected chi connectivity index (χ4v) is 2.37. The number of hydrogen-bond donors (Lipinski definition) is 2. The molecule has 0 saturated heterocycles. The molecule has 1 amide bonds. The molecule has 2 unspecified atom stereocenters. The number of hydrogen-bond acceptors (Lipinski definition) is 4. The molecule has 2 N–H and O–H groups in total. The Morgan fingerprint density at radius 3 is 2.85 bits per heavy atom. The summed E-state index contributed by atoms with van der Waals surface area (Å²) in [6.07, 6.45) is 3.17. The lowest BCUT2D eigenvalue weighted by Crippen LogP contribution is -2.45. The Hall–Kier alpha value is -1.62. The van der Waals surface area contributed by atoms with Crippen molar-refractivity contribution in [2.45, 2.75) is 57.8 Å². The second-order valence-corrected chi connectivity index (χ2v) is 5.46. The van der Waals surface area contributed by atoms with Gasteiger partial charge < -0.3 is 15.2 Å². The third-order valence-corrected chi connectivity index (χ3v) is 3.36. The molecule has 1 heterocycles. The van der Waals surface area contributed by atoms with Crippen LogP contribution in [0.1, 0.15) is 50.0 Å². The molecule has 0 spiro atoms. The summed E-state index contributed by atoms with van der Waals surface area (Å²) >= 11 is 0. The molecule has 1 aromatic heterocycles. The highest BCUT2D eigenvalue weighted by Gasteiger charge is 2.25. The first-order valence-electron chi connectivity index (χ1n) is 7.19. The largest absolute Gasteiger partial charge is 0.475 e. The number of nitrogens with one attached hydrogen (secondary N) is 1. The number of rotatable bonds is 4. The molecule has 1 aromatic rings. The van der Waals surface area contributed by atoms with Gasteiger partial charge >= 0.3 is 0 Å². The standard InChI is InChI=1S/C15H22N2O3/c1-10(2)20-14-9-5-7-12(16-14)15(19)17-11-6-3-4-8-13(11)18/h5,7,9-11,13,18H,3-4,6,8H2,1-2H3,(H,17,19). The Kier molecular flexibility index (Phi) is 4.95. The van der Waals surface area contributed by atoms with E-state index in [9.17, 15) is 9.90 Å². The Labute approximate surface area is 119 Å². The van der Waals surface area contributed by atoms with Crippen molar-refractivity contribution in [2.75, 3.05) is 0 Å². The van der Waals surface area contributed by atoms with Gasteiger partial charge in [0.1, 0.15) is 5.69 Å². The lowest BCUT2D eigenvalue weighted by Gasteiger charge is -2.28. The number of aromatic nitrogens is 1. The van der Waals surface area contributed by atoms with Crippen LogP contribution in [0.15, 0.2) is 18.2 Å². The van der Waals surface area contributed by atoms with Crippen molar-refractivity contribution in [1.29, 1.82) is 0 Å². The SMILES string of the molecule is CC(C)Oc1cccc(C(=O)NC2CCCCC2O)n1. The number of amides is 1. The second-order valence-electron chi connectivity index (χ2n) is 5.46. The van der Waals surface area contributed by atoms with Crippen LogP contribution in [0.3, 0.4) is 0 Å². The minimum absolute atomic E-state index is 0.0148. The summed E-state index contributed by atoms with van der Waals surface area (Å²) in [7, 11) is 0. The summed E-state index contributed by atoms with van der Waals surface area (Å²) in [6, 6.07) is 4.95. The fraction of sp³-hybridized carbons (Fsp3) is 0.600. The number of ether oxygens (including phenoxy) is 1. The van der Waals surface area contributed by atoms with Crippen LogP contribution in [-0.4, -0.2) is 34.2 Å². The van der Waals surface area contributed by atoms with Crippen LogP contribution in [0.2, 0.25) is 0 Å². The summed E-state index contributed by atoms with van der Waals surface area (Å²) < 4.78 is 5.48. The van der Waals surface area contributed by atoms with Gasteiger partial charge in [-0.3, -0.25) is 4.79 Å². The van der Waals surface area contributed by atoms with Gasteiger partial charge in [-0.1, -0.05) is 18.9 Å². The fourth-order valence-electron chi connectivity index (χ4n) is 2.37. The molecule has 5 heteroatoms. The van der Waals surface area contributed by atoms with E-state index in [4.69, 9.17) is 4.74 Å². The van der Waals surface area contributed by atoms with Crippen molar-refractivity contribution >= 4 is 5.91 Å².